The number of hydrogen-bond donors (Lipinski definition) is 4. The van der Waals surface area contributed by atoms with Gasteiger partial charge in [-0.25, -0.2) is 19.9 Å². The molecule has 0 radical (unpaired) electrons. The van der Waals surface area contributed by atoms with Crippen molar-refractivity contribution in [1.82, 2.24) is 30.6 Å². The van der Waals surface area contributed by atoms with Gasteiger partial charge in [0.25, 0.3) is 11.8 Å². The lowest BCUT2D eigenvalue weighted by atomic mass is 10.2. The van der Waals surface area contributed by atoms with Crippen LogP contribution in [0.25, 0.3) is 0 Å². The number of pyridine rings is 1. The molecule has 0 aliphatic rings. The van der Waals surface area contributed by atoms with Crippen LogP contribution in [0.4, 0.5) is 24.8 Å². The highest BCUT2D eigenvalue weighted by Crippen LogP contribution is 2.35. The Kier molecular flexibility index (Phi) is 8.94. The maximum absolute atomic E-state index is 13.0. The summed E-state index contributed by atoms with van der Waals surface area (Å²) in [5.41, 5.74) is -1.13. The molecule has 37 heavy (non-hydrogen) atoms. The van der Waals surface area contributed by atoms with Crippen molar-refractivity contribution in [3.05, 3.63) is 57.0 Å². The summed E-state index contributed by atoms with van der Waals surface area (Å²) in [6.45, 7) is 3.80. The van der Waals surface area contributed by atoms with Gasteiger partial charge in [-0.1, -0.05) is 11.6 Å². The number of thiazole rings is 1. The molecule has 0 aliphatic carbocycles. The van der Waals surface area contributed by atoms with E-state index in [-0.39, 0.29) is 23.1 Å². The number of amides is 3. The van der Waals surface area contributed by atoms with E-state index in [9.17, 15) is 27.6 Å². The van der Waals surface area contributed by atoms with E-state index < -0.39 is 34.6 Å². The van der Waals surface area contributed by atoms with E-state index in [1.54, 1.807) is 6.92 Å². The van der Waals surface area contributed by atoms with Crippen molar-refractivity contribution in [2.75, 3.05) is 23.7 Å². The van der Waals surface area contributed by atoms with E-state index >= 15 is 0 Å². The quantitative estimate of drug-likeness (QED) is 0.293. The fourth-order valence-corrected chi connectivity index (χ4v) is 3.85. The third kappa shape index (κ3) is 7.82. The van der Waals surface area contributed by atoms with E-state index in [2.05, 4.69) is 41.2 Å². The monoisotopic (exact) mass is 556 g/mol. The second-order valence-corrected chi connectivity index (χ2v) is 8.76. The maximum atomic E-state index is 13.0. The lowest BCUT2D eigenvalue weighted by Gasteiger charge is -2.12. The molecule has 196 valence electrons. The molecular formula is C21H20ClF3N8O3S. The van der Waals surface area contributed by atoms with Crippen molar-refractivity contribution in [3.8, 4) is 0 Å². The first-order valence-corrected chi connectivity index (χ1v) is 11.8. The smallest absolute Gasteiger partial charge is 0.368 e. The van der Waals surface area contributed by atoms with E-state index in [1.165, 1.54) is 24.7 Å². The summed E-state index contributed by atoms with van der Waals surface area (Å²) in [6.07, 6.45) is -2.71. The maximum Gasteiger partial charge on any atom is 0.418 e. The standard InChI is InChI=1S/C21H20ClF3N8O3S/c1-10(31-18(35)14-6-16(30-9-29-14)27-4-3-26-11(2)34)20-32-15(8-37-20)19(36)33-17-5-12(21(23,24)25)13(22)7-28-17/h5-10H,3-4H2,1-2H3,(H,26,34)(H,31,35)(H,27,29,30)(H,28,33,36). The number of nitrogens with zero attached hydrogens (tertiary/aromatic N) is 4. The van der Waals surface area contributed by atoms with E-state index in [0.717, 1.165) is 17.5 Å². The molecule has 0 aliphatic heterocycles. The zero-order valence-electron chi connectivity index (χ0n) is 19.3. The van der Waals surface area contributed by atoms with Gasteiger partial charge in [0, 0.05) is 37.7 Å². The fraction of sp³-hybridized carbons (Fsp3) is 0.286. The van der Waals surface area contributed by atoms with Crippen molar-refractivity contribution in [1.29, 1.82) is 0 Å². The van der Waals surface area contributed by atoms with Crippen LogP contribution in [-0.2, 0) is 11.0 Å². The van der Waals surface area contributed by atoms with Crippen LogP contribution in [0.15, 0.2) is 30.0 Å². The van der Waals surface area contributed by atoms with Gasteiger partial charge >= 0.3 is 6.18 Å². The fourth-order valence-electron chi connectivity index (χ4n) is 2.84. The minimum absolute atomic E-state index is 0.0703. The highest BCUT2D eigenvalue weighted by Gasteiger charge is 2.34. The SMILES string of the molecule is CC(=O)NCCNc1cc(C(=O)NC(C)c2nc(C(=O)Nc3cc(C(F)(F)F)c(Cl)cn3)cs2)ncn1. The molecule has 3 amide bonds. The highest BCUT2D eigenvalue weighted by atomic mass is 35.5. The van der Waals surface area contributed by atoms with Crippen molar-refractivity contribution >= 4 is 52.3 Å². The number of anilines is 2. The van der Waals surface area contributed by atoms with Crippen LogP contribution >= 0.6 is 22.9 Å². The summed E-state index contributed by atoms with van der Waals surface area (Å²) in [7, 11) is 0. The lowest BCUT2D eigenvalue weighted by Crippen LogP contribution is -2.28. The molecule has 0 fully saturated rings. The zero-order chi connectivity index (χ0) is 27.2. The number of alkyl halides is 3. The van der Waals surface area contributed by atoms with Gasteiger partial charge in [0.2, 0.25) is 5.91 Å². The molecule has 4 N–H and O–H groups in total. The summed E-state index contributed by atoms with van der Waals surface area (Å²) in [6, 6.07) is 1.45. The summed E-state index contributed by atoms with van der Waals surface area (Å²) >= 11 is 6.62. The van der Waals surface area contributed by atoms with Crippen LogP contribution < -0.4 is 21.3 Å². The third-order valence-corrected chi connectivity index (χ3v) is 5.91. The number of halogens is 4. The molecule has 0 bridgehead atoms. The van der Waals surface area contributed by atoms with Crippen LogP contribution in [0.1, 0.15) is 51.4 Å². The minimum Gasteiger partial charge on any atom is -0.368 e. The second-order valence-electron chi connectivity index (χ2n) is 7.47. The Balaban J connectivity index is 1.60. The first kappa shape index (κ1) is 27.7. The number of carbonyl (C=O) groups excluding carboxylic acids is 3. The molecule has 3 rings (SSSR count). The van der Waals surface area contributed by atoms with Crippen molar-refractivity contribution in [2.24, 2.45) is 0 Å². The number of carbonyl (C=O) groups is 3. The molecule has 16 heteroatoms. The van der Waals surface area contributed by atoms with Gasteiger partial charge in [-0.05, 0) is 13.0 Å². The predicted octanol–water partition coefficient (Wildman–Crippen LogP) is 3.29. The third-order valence-electron chi connectivity index (χ3n) is 4.58. The Labute approximate surface area is 217 Å². The van der Waals surface area contributed by atoms with Crippen LogP contribution in [0.5, 0.6) is 0 Å². The first-order valence-electron chi connectivity index (χ1n) is 10.5. The lowest BCUT2D eigenvalue weighted by molar-refractivity contribution is -0.137. The van der Waals surface area contributed by atoms with Gasteiger partial charge in [0.15, 0.2) is 0 Å². The molecule has 0 aromatic carbocycles. The number of aromatic nitrogens is 4. The summed E-state index contributed by atoms with van der Waals surface area (Å²) in [5.74, 6) is -1.43. The van der Waals surface area contributed by atoms with Crippen LogP contribution in [0.2, 0.25) is 5.02 Å². The van der Waals surface area contributed by atoms with Crippen molar-refractivity contribution in [2.45, 2.75) is 26.1 Å². The summed E-state index contributed by atoms with van der Waals surface area (Å²) < 4.78 is 39.1. The predicted molar refractivity (Wildman–Crippen MR) is 129 cm³/mol. The largest absolute Gasteiger partial charge is 0.418 e. The van der Waals surface area contributed by atoms with E-state index in [1.807, 2.05) is 0 Å². The second kappa shape index (κ2) is 11.9. The van der Waals surface area contributed by atoms with Gasteiger partial charge in [0.05, 0.1) is 16.6 Å². The molecule has 3 aromatic rings. The Morgan fingerprint density at radius 1 is 1.05 bits per heavy atom. The molecule has 3 heterocycles. The number of nitrogens with one attached hydrogen (secondary N) is 4. The molecule has 0 saturated heterocycles. The molecule has 3 aromatic heterocycles. The Bertz CT molecular complexity index is 1300. The van der Waals surface area contributed by atoms with Crippen molar-refractivity contribution < 1.29 is 27.6 Å². The molecular weight excluding hydrogens is 537 g/mol. The minimum atomic E-state index is -4.71. The van der Waals surface area contributed by atoms with Crippen molar-refractivity contribution in [3.63, 3.8) is 0 Å². The number of hydrogen-bond acceptors (Lipinski definition) is 9. The van der Waals surface area contributed by atoms with Gasteiger partial charge < -0.3 is 21.3 Å². The zero-order valence-corrected chi connectivity index (χ0v) is 20.9. The average molecular weight is 557 g/mol. The van der Waals surface area contributed by atoms with Gasteiger partial charge in [-0.15, -0.1) is 11.3 Å². The summed E-state index contributed by atoms with van der Waals surface area (Å²) in [4.78, 5) is 51.8. The summed E-state index contributed by atoms with van der Waals surface area (Å²) in [5, 5.41) is 11.7. The average Bonchev–Trinajstić information content (AvgIpc) is 3.33. The number of rotatable bonds is 9. The van der Waals surface area contributed by atoms with Crippen LogP contribution in [0.3, 0.4) is 0 Å². The van der Waals surface area contributed by atoms with E-state index in [4.69, 9.17) is 11.6 Å². The highest BCUT2D eigenvalue weighted by molar-refractivity contribution is 7.09. The van der Waals surface area contributed by atoms with Gasteiger partial charge in [0.1, 0.15) is 34.4 Å². The molecule has 11 nitrogen and oxygen atoms in total. The van der Waals surface area contributed by atoms with Crippen LogP contribution in [0, 0.1) is 0 Å². The molecule has 1 unspecified atom stereocenters. The normalized spacial score (nSPS) is 11.9. The topological polar surface area (TPSA) is 151 Å². The van der Waals surface area contributed by atoms with Crippen LogP contribution in [-0.4, -0.2) is 50.7 Å². The molecule has 0 saturated carbocycles. The first-order chi connectivity index (χ1) is 17.4. The molecule has 1 atom stereocenters. The van der Waals surface area contributed by atoms with Gasteiger partial charge in [-0.3, -0.25) is 14.4 Å². The Hall–Kier alpha value is -3.85. The molecule has 0 spiro atoms. The van der Waals surface area contributed by atoms with E-state index in [0.29, 0.717) is 30.0 Å². The Morgan fingerprint density at radius 3 is 2.51 bits per heavy atom. The van der Waals surface area contributed by atoms with Gasteiger partial charge in [-0.2, -0.15) is 13.2 Å². The Morgan fingerprint density at radius 2 is 1.81 bits per heavy atom.